The first-order chi connectivity index (χ1) is 9.02. The van der Waals surface area contributed by atoms with Crippen LogP contribution in [0.4, 0.5) is 10.2 Å². The highest BCUT2D eigenvalue weighted by Gasteiger charge is 2.13. The lowest BCUT2D eigenvalue weighted by atomic mass is 10.1. The van der Waals surface area contributed by atoms with Gasteiger partial charge in [-0.3, -0.25) is 0 Å². The second-order valence-electron chi connectivity index (χ2n) is 4.82. The lowest BCUT2D eigenvalue weighted by Crippen LogP contribution is -2.06. The Kier molecular flexibility index (Phi) is 3.79. The Morgan fingerprint density at radius 3 is 2.26 bits per heavy atom. The maximum atomic E-state index is 13.0. The molecule has 0 aliphatic carbocycles. The number of hydrogen-bond donors (Lipinski definition) is 1. The Morgan fingerprint density at radius 1 is 1.11 bits per heavy atom. The lowest BCUT2D eigenvalue weighted by Gasteiger charge is -2.14. The van der Waals surface area contributed by atoms with Gasteiger partial charge in [-0.1, -0.05) is 13.8 Å². The van der Waals surface area contributed by atoms with Gasteiger partial charge in [0, 0.05) is 24.1 Å². The van der Waals surface area contributed by atoms with E-state index in [2.05, 4.69) is 29.1 Å². The van der Waals surface area contributed by atoms with Crippen molar-refractivity contribution in [2.24, 2.45) is 0 Å². The summed E-state index contributed by atoms with van der Waals surface area (Å²) < 4.78 is 13.0. The van der Waals surface area contributed by atoms with E-state index in [1.54, 1.807) is 12.1 Å². The van der Waals surface area contributed by atoms with Gasteiger partial charge in [-0.05, 0) is 31.2 Å². The Balaban J connectivity index is 2.61. The van der Waals surface area contributed by atoms with Crippen LogP contribution in [0.5, 0.6) is 0 Å². The number of rotatable bonds is 3. The molecular weight excluding hydrogens is 241 g/mol. The highest BCUT2D eigenvalue weighted by molar-refractivity contribution is 5.68. The van der Waals surface area contributed by atoms with Crippen LogP contribution in [0.1, 0.15) is 31.2 Å². The van der Waals surface area contributed by atoms with Gasteiger partial charge in [-0.2, -0.15) is 0 Å². The molecule has 1 aromatic carbocycles. The van der Waals surface area contributed by atoms with Gasteiger partial charge < -0.3 is 5.32 Å². The summed E-state index contributed by atoms with van der Waals surface area (Å²) in [5.41, 5.74) is 2.72. The van der Waals surface area contributed by atoms with Crippen LogP contribution in [0.3, 0.4) is 0 Å². The average molecular weight is 259 g/mol. The zero-order chi connectivity index (χ0) is 14.0. The summed E-state index contributed by atoms with van der Waals surface area (Å²) in [6, 6.07) is 6.39. The van der Waals surface area contributed by atoms with Crippen LogP contribution >= 0.6 is 0 Å². The van der Waals surface area contributed by atoms with Crippen LogP contribution in [0.15, 0.2) is 24.3 Å². The van der Waals surface area contributed by atoms with Crippen molar-refractivity contribution in [1.82, 2.24) is 9.97 Å². The van der Waals surface area contributed by atoms with E-state index in [1.165, 1.54) is 12.1 Å². The molecule has 4 heteroatoms. The van der Waals surface area contributed by atoms with Crippen LogP contribution in [0.25, 0.3) is 11.3 Å². The quantitative estimate of drug-likeness (QED) is 0.912. The van der Waals surface area contributed by atoms with E-state index in [1.807, 2.05) is 14.0 Å². The van der Waals surface area contributed by atoms with E-state index in [0.717, 1.165) is 28.5 Å². The van der Waals surface area contributed by atoms with Crippen molar-refractivity contribution in [2.75, 3.05) is 12.4 Å². The zero-order valence-corrected chi connectivity index (χ0v) is 11.7. The second-order valence-corrected chi connectivity index (χ2v) is 4.82. The van der Waals surface area contributed by atoms with Gasteiger partial charge in [0.25, 0.3) is 0 Å². The zero-order valence-electron chi connectivity index (χ0n) is 11.7. The van der Waals surface area contributed by atoms with Crippen molar-refractivity contribution >= 4 is 5.82 Å². The van der Waals surface area contributed by atoms with Crippen molar-refractivity contribution in [3.05, 3.63) is 41.5 Å². The Hall–Kier alpha value is -1.97. The van der Waals surface area contributed by atoms with Crippen molar-refractivity contribution in [2.45, 2.75) is 26.7 Å². The van der Waals surface area contributed by atoms with Crippen LogP contribution in [-0.2, 0) is 0 Å². The van der Waals surface area contributed by atoms with E-state index in [-0.39, 0.29) is 11.7 Å². The van der Waals surface area contributed by atoms with Gasteiger partial charge >= 0.3 is 0 Å². The number of hydrogen-bond acceptors (Lipinski definition) is 3. The van der Waals surface area contributed by atoms with Gasteiger partial charge in [0.15, 0.2) is 0 Å². The standard InChI is InChI=1S/C15H18FN3/c1-9(2)14-18-13(10(3)15(17-4)19-14)11-5-7-12(16)8-6-11/h5-9H,1-4H3,(H,17,18,19). The molecule has 0 atom stereocenters. The smallest absolute Gasteiger partial charge is 0.133 e. The molecule has 19 heavy (non-hydrogen) atoms. The number of nitrogens with one attached hydrogen (secondary N) is 1. The number of nitrogens with zero attached hydrogens (tertiary/aromatic N) is 2. The van der Waals surface area contributed by atoms with E-state index >= 15 is 0 Å². The molecule has 0 spiro atoms. The third kappa shape index (κ3) is 2.72. The number of anilines is 1. The molecule has 0 bridgehead atoms. The highest BCUT2D eigenvalue weighted by atomic mass is 19.1. The first-order valence-corrected chi connectivity index (χ1v) is 6.35. The van der Waals surface area contributed by atoms with Gasteiger partial charge in [0.1, 0.15) is 17.5 Å². The molecule has 0 aliphatic rings. The summed E-state index contributed by atoms with van der Waals surface area (Å²) in [4.78, 5) is 9.10. The number of halogens is 1. The van der Waals surface area contributed by atoms with E-state index in [9.17, 15) is 4.39 Å². The molecule has 2 rings (SSSR count). The topological polar surface area (TPSA) is 37.8 Å². The van der Waals surface area contributed by atoms with Crippen LogP contribution < -0.4 is 5.32 Å². The lowest BCUT2D eigenvalue weighted by molar-refractivity contribution is 0.628. The SMILES string of the molecule is CNc1nc(C(C)C)nc(-c2ccc(F)cc2)c1C. The third-order valence-electron chi connectivity index (χ3n) is 3.03. The van der Waals surface area contributed by atoms with E-state index < -0.39 is 0 Å². The van der Waals surface area contributed by atoms with Crippen molar-refractivity contribution < 1.29 is 4.39 Å². The highest BCUT2D eigenvalue weighted by Crippen LogP contribution is 2.27. The van der Waals surface area contributed by atoms with Crippen LogP contribution in [0.2, 0.25) is 0 Å². The first kappa shape index (κ1) is 13.5. The summed E-state index contributed by atoms with van der Waals surface area (Å²) >= 11 is 0. The Bertz CT molecular complexity index is 577. The predicted octanol–water partition coefficient (Wildman–Crippen LogP) is 3.76. The first-order valence-electron chi connectivity index (χ1n) is 6.35. The Labute approximate surface area is 112 Å². The Morgan fingerprint density at radius 2 is 1.74 bits per heavy atom. The average Bonchev–Trinajstić information content (AvgIpc) is 2.40. The molecular formula is C15H18FN3. The summed E-state index contributed by atoms with van der Waals surface area (Å²) in [6.45, 7) is 6.08. The summed E-state index contributed by atoms with van der Waals surface area (Å²) in [6.07, 6.45) is 0. The second kappa shape index (κ2) is 5.34. The molecule has 1 aromatic heterocycles. The molecule has 0 saturated carbocycles. The maximum Gasteiger partial charge on any atom is 0.133 e. The minimum Gasteiger partial charge on any atom is -0.373 e. The van der Waals surface area contributed by atoms with E-state index in [4.69, 9.17) is 0 Å². The molecule has 1 heterocycles. The molecule has 0 amide bonds. The molecule has 3 nitrogen and oxygen atoms in total. The maximum absolute atomic E-state index is 13.0. The summed E-state index contributed by atoms with van der Waals surface area (Å²) in [7, 11) is 1.84. The molecule has 0 saturated heterocycles. The van der Waals surface area contributed by atoms with Crippen molar-refractivity contribution in [3.63, 3.8) is 0 Å². The minimum atomic E-state index is -0.242. The number of aromatic nitrogens is 2. The normalized spacial score (nSPS) is 10.8. The molecule has 2 aromatic rings. The van der Waals surface area contributed by atoms with Crippen molar-refractivity contribution in [1.29, 1.82) is 0 Å². The fourth-order valence-electron chi connectivity index (χ4n) is 1.92. The van der Waals surface area contributed by atoms with Gasteiger partial charge in [0.05, 0.1) is 5.69 Å². The van der Waals surface area contributed by atoms with Crippen LogP contribution in [0, 0.1) is 12.7 Å². The molecule has 0 radical (unpaired) electrons. The largest absolute Gasteiger partial charge is 0.373 e. The fourth-order valence-corrected chi connectivity index (χ4v) is 1.92. The van der Waals surface area contributed by atoms with Crippen LogP contribution in [-0.4, -0.2) is 17.0 Å². The fraction of sp³-hybridized carbons (Fsp3) is 0.333. The van der Waals surface area contributed by atoms with Crippen molar-refractivity contribution in [3.8, 4) is 11.3 Å². The van der Waals surface area contributed by atoms with Gasteiger partial charge in [-0.25, -0.2) is 14.4 Å². The number of benzene rings is 1. The van der Waals surface area contributed by atoms with Gasteiger partial charge in [-0.15, -0.1) is 0 Å². The minimum absolute atomic E-state index is 0.242. The predicted molar refractivity (Wildman–Crippen MR) is 75.8 cm³/mol. The molecule has 0 unspecified atom stereocenters. The molecule has 0 fully saturated rings. The monoisotopic (exact) mass is 259 g/mol. The molecule has 0 aliphatic heterocycles. The van der Waals surface area contributed by atoms with Gasteiger partial charge in [0.2, 0.25) is 0 Å². The van der Waals surface area contributed by atoms with E-state index in [0.29, 0.717) is 0 Å². The molecule has 1 N–H and O–H groups in total. The molecule has 100 valence electrons. The summed E-state index contributed by atoms with van der Waals surface area (Å²) in [5, 5.41) is 3.09. The summed E-state index contributed by atoms with van der Waals surface area (Å²) in [5.74, 6) is 1.60. The third-order valence-corrected chi connectivity index (χ3v) is 3.03.